The molecule has 25 heavy (non-hydrogen) atoms. The van der Waals surface area contributed by atoms with Gasteiger partial charge in [-0.15, -0.1) is 0 Å². The molecule has 3 rings (SSSR count). The highest BCUT2D eigenvalue weighted by molar-refractivity contribution is 5.85. The van der Waals surface area contributed by atoms with Crippen LogP contribution in [0.1, 0.15) is 13.3 Å². The SMILES string of the molecule is CC1CN(C(=O)Cn2ccc3cc([N+](=O)[O-])ccc32)CCC1C(=O)O. The number of carbonyl (C=O) groups is 2. The van der Waals surface area contributed by atoms with E-state index in [0.29, 0.717) is 24.9 Å². The molecule has 1 amide bonds. The lowest BCUT2D eigenvalue weighted by atomic mass is 9.87. The largest absolute Gasteiger partial charge is 0.481 e. The molecule has 1 aliphatic heterocycles. The van der Waals surface area contributed by atoms with Gasteiger partial charge in [-0.1, -0.05) is 6.92 Å². The summed E-state index contributed by atoms with van der Waals surface area (Å²) in [6.45, 7) is 2.85. The van der Waals surface area contributed by atoms with Crippen molar-refractivity contribution in [3.63, 3.8) is 0 Å². The Morgan fingerprint density at radius 2 is 2.12 bits per heavy atom. The Labute approximate surface area is 143 Å². The Kier molecular flexibility index (Phi) is 4.43. The molecule has 1 aromatic heterocycles. The van der Waals surface area contributed by atoms with E-state index in [1.165, 1.54) is 12.1 Å². The van der Waals surface area contributed by atoms with Gasteiger partial charge in [0, 0.05) is 42.3 Å². The second-order valence-corrected chi connectivity index (χ2v) is 6.49. The minimum Gasteiger partial charge on any atom is -0.481 e. The van der Waals surface area contributed by atoms with Crippen LogP contribution in [0.15, 0.2) is 30.5 Å². The zero-order valence-electron chi connectivity index (χ0n) is 13.8. The zero-order chi connectivity index (χ0) is 18.1. The van der Waals surface area contributed by atoms with Crippen LogP contribution in [0.2, 0.25) is 0 Å². The number of nitro benzene ring substituents is 1. The van der Waals surface area contributed by atoms with E-state index >= 15 is 0 Å². The summed E-state index contributed by atoms with van der Waals surface area (Å²) in [6, 6.07) is 6.29. The molecular weight excluding hydrogens is 326 g/mol. The molecule has 0 spiro atoms. The first-order valence-corrected chi connectivity index (χ1v) is 8.10. The van der Waals surface area contributed by atoms with E-state index in [4.69, 9.17) is 5.11 Å². The minimum atomic E-state index is -0.808. The standard InChI is InChI=1S/C17H19N3O5/c1-11-9-19(7-5-14(11)17(22)23)16(21)10-18-6-4-12-8-13(20(24)25)2-3-15(12)18/h2-4,6,8,11,14H,5,7,9-10H2,1H3,(H,22,23). The van der Waals surface area contributed by atoms with Crippen LogP contribution in [-0.4, -0.2) is 44.5 Å². The molecule has 1 fully saturated rings. The molecule has 1 aliphatic rings. The van der Waals surface area contributed by atoms with Crippen molar-refractivity contribution in [2.45, 2.75) is 19.9 Å². The van der Waals surface area contributed by atoms with Gasteiger partial charge in [-0.05, 0) is 24.5 Å². The van der Waals surface area contributed by atoms with Gasteiger partial charge >= 0.3 is 5.97 Å². The third-order valence-corrected chi connectivity index (χ3v) is 4.85. The van der Waals surface area contributed by atoms with Gasteiger partial charge in [-0.25, -0.2) is 0 Å². The van der Waals surface area contributed by atoms with Crippen LogP contribution in [0, 0.1) is 22.0 Å². The van der Waals surface area contributed by atoms with E-state index in [9.17, 15) is 19.7 Å². The number of nitro groups is 1. The number of non-ortho nitro benzene ring substituents is 1. The fourth-order valence-electron chi connectivity index (χ4n) is 3.42. The molecule has 132 valence electrons. The number of nitrogens with zero attached hydrogens (tertiary/aromatic N) is 3. The maximum atomic E-state index is 12.6. The number of aliphatic carboxylic acids is 1. The van der Waals surface area contributed by atoms with Crippen molar-refractivity contribution in [3.8, 4) is 0 Å². The summed E-state index contributed by atoms with van der Waals surface area (Å²) in [5, 5.41) is 20.7. The van der Waals surface area contributed by atoms with Gasteiger partial charge in [0.25, 0.3) is 5.69 Å². The van der Waals surface area contributed by atoms with Gasteiger partial charge in [0.1, 0.15) is 6.54 Å². The lowest BCUT2D eigenvalue weighted by molar-refractivity contribution is -0.384. The van der Waals surface area contributed by atoms with Crippen molar-refractivity contribution in [3.05, 3.63) is 40.6 Å². The predicted octanol–water partition coefficient (Wildman–Crippen LogP) is 2.12. The third kappa shape index (κ3) is 3.33. The Balaban J connectivity index is 1.72. The fourth-order valence-corrected chi connectivity index (χ4v) is 3.42. The molecule has 1 N–H and O–H groups in total. The summed E-state index contributed by atoms with van der Waals surface area (Å²) in [4.78, 5) is 35.8. The second kappa shape index (κ2) is 6.54. The Morgan fingerprint density at radius 1 is 1.36 bits per heavy atom. The highest BCUT2D eigenvalue weighted by Gasteiger charge is 2.32. The first-order chi connectivity index (χ1) is 11.9. The number of amides is 1. The highest BCUT2D eigenvalue weighted by Crippen LogP contribution is 2.25. The lowest BCUT2D eigenvalue weighted by Gasteiger charge is -2.35. The topological polar surface area (TPSA) is 106 Å². The Bertz CT molecular complexity index is 844. The molecule has 2 atom stereocenters. The lowest BCUT2D eigenvalue weighted by Crippen LogP contribution is -2.46. The molecule has 2 unspecified atom stereocenters. The number of hydrogen-bond acceptors (Lipinski definition) is 4. The summed E-state index contributed by atoms with van der Waals surface area (Å²) >= 11 is 0. The first kappa shape index (κ1) is 16.9. The molecule has 8 heteroatoms. The third-order valence-electron chi connectivity index (χ3n) is 4.85. The van der Waals surface area contributed by atoms with Crippen molar-refractivity contribution in [2.75, 3.05) is 13.1 Å². The Hall–Kier alpha value is -2.90. The number of aromatic nitrogens is 1. The summed E-state index contributed by atoms with van der Waals surface area (Å²) in [5.74, 6) is -1.37. The average Bonchev–Trinajstić information content (AvgIpc) is 2.96. The number of carboxylic acid groups (broad SMARTS) is 1. The Morgan fingerprint density at radius 3 is 2.76 bits per heavy atom. The van der Waals surface area contributed by atoms with Crippen molar-refractivity contribution < 1.29 is 19.6 Å². The molecule has 2 heterocycles. The van der Waals surface area contributed by atoms with Gasteiger partial charge in [-0.3, -0.25) is 19.7 Å². The molecule has 0 aliphatic carbocycles. The van der Waals surface area contributed by atoms with Crippen LogP contribution in [0.5, 0.6) is 0 Å². The van der Waals surface area contributed by atoms with Crippen molar-refractivity contribution in [2.24, 2.45) is 11.8 Å². The predicted molar refractivity (Wildman–Crippen MR) is 90.1 cm³/mol. The fraction of sp³-hybridized carbons (Fsp3) is 0.412. The highest BCUT2D eigenvalue weighted by atomic mass is 16.6. The molecule has 1 aromatic carbocycles. The smallest absolute Gasteiger partial charge is 0.306 e. The number of piperidine rings is 1. The quantitative estimate of drug-likeness (QED) is 0.675. The zero-order valence-corrected chi connectivity index (χ0v) is 13.8. The number of rotatable bonds is 4. The summed E-state index contributed by atoms with van der Waals surface area (Å²) in [5.41, 5.74) is 0.772. The summed E-state index contributed by atoms with van der Waals surface area (Å²) < 4.78 is 1.76. The van der Waals surface area contributed by atoms with E-state index in [-0.39, 0.29) is 24.1 Å². The molecule has 0 saturated carbocycles. The second-order valence-electron chi connectivity index (χ2n) is 6.49. The van der Waals surface area contributed by atoms with Crippen LogP contribution in [-0.2, 0) is 16.1 Å². The number of carbonyl (C=O) groups excluding carboxylic acids is 1. The number of fused-ring (bicyclic) bond motifs is 1. The minimum absolute atomic E-state index is 0.0149. The molecule has 1 saturated heterocycles. The molecule has 2 aromatic rings. The van der Waals surface area contributed by atoms with E-state index in [1.807, 2.05) is 6.92 Å². The van der Waals surface area contributed by atoms with Crippen molar-refractivity contribution >= 4 is 28.5 Å². The maximum absolute atomic E-state index is 12.6. The first-order valence-electron chi connectivity index (χ1n) is 8.10. The normalized spacial score (nSPS) is 20.6. The molecule has 0 radical (unpaired) electrons. The average molecular weight is 345 g/mol. The molecule has 0 bridgehead atoms. The number of benzene rings is 1. The molecular formula is C17H19N3O5. The van der Waals surface area contributed by atoms with Crippen molar-refractivity contribution in [1.29, 1.82) is 0 Å². The van der Waals surface area contributed by atoms with E-state index in [0.717, 1.165) is 5.52 Å². The van der Waals surface area contributed by atoms with Crippen molar-refractivity contribution in [1.82, 2.24) is 9.47 Å². The van der Waals surface area contributed by atoms with Crippen LogP contribution >= 0.6 is 0 Å². The van der Waals surface area contributed by atoms with Gasteiger partial charge in [0.2, 0.25) is 5.91 Å². The number of hydrogen-bond donors (Lipinski definition) is 1. The monoisotopic (exact) mass is 345 g/mol. The van der Waals surface area contributed by atoms with E-state index in [2.05, 4.69) is 0 Å². The van der Waals surface area contributed by atoms with Gasteiger partial charge in [0.15, 0.2) is 0 Å². The van der Waals surface area contributed by atoms with E-state index < -0.39 is 16.8 Å². The van der Waals surface area contributed by atoms with Gasteiger partial charge in [-0.2, -0.15) is 0 Å². The van der Waals surface area contributed by atoms with Crippen LogP contribution in [0.25, 0.3) is 10.9 Å². The molecule has 8 nitrogen and oxygen atoms in total. The maximum Gasteiger partial charge on any atom is 0.306 e. The van der Waals surface area contributed by atoms with E-state index in [1.54, 1.807) is 27.8 Å². The number of carboxylic acids is 1. The van der Waals surface area contributed by atoms with Crippen LogP contribution in [0.3, 0.4) is 0 Å². The van der Waals surface area contributed by atoms with Crippen LogP contribution in [0.4, 0.5) is 5.69 Å². The number of likely N-dealkylation sites (tertiary alicyclic amines) is 1. The van der Waals surface area contributed by atoms with Gasteiger partial charge in [0.05, 0.1) is 10.8 Å². The van der Waals surface area contributed by atoms with Crippen LogP contribution < -0.4 is 0 Å². The summed E-state index contributed by atoms with van der Waals surface area (Å²) in [6.07, 6.45) is 2.20. The van der Waals surface area contributed by atoms with Gasteiger partial charge < -0.3 is 14.6 Å². The summed E-state index contributed by atoms with van der Waals surface area (Å²) in [7, 11) is 0.